The molecule has 2 atom stereocenters. The molecule has 1 fully saturated rings. The van der Waals surface area contributed by atoms with E-state index in [4.69, 9.17) is 9.47 Å². The molecule has 1 aliphatic heterocycles. The second-order valence-corrected chi connectivity index (χ2v) is 8.15. The van der Waals surface area contributed by atoms with Crippen molar-refractivity contribution in [3.8, 4) is 0 Å². The smallest absolute Gasteiger partial charge is 0.178 e. The largest absolute Gasteiger partial charge is 0.377 e. The molecule has 0 saturated carbocycles. The molecule has 0 bridgehead atoms. The zero-order valence-electron chi connectivity index (χ0n) is 10.7. The number of ether oxygens (including phenoxy) is 2. The van der Waals surface area contributed by atoms with Crippen LogP contribution in [-0.2, 0) is 9.47 Å². The van der Waals surface area contributed by atoms with Crippen LogP contribution < -0.4 is 0 Å². The molecular formula is C12H15Br2NO3S. The van der Waals surface area contributed by atoms with Gasteiger partial charge in [-0.15, -0.1) is 11.3 Å². The molecule has 2 heterocycles. The average Bonchev–Trinajstić information content (AvgIpc) is 2.92. The molecule has 1 aliphatic rings. The summed E-state index contributed by atoms with van der Waals surface area (Å²) in [7, 11) is 3.35. The summed E-state index contributed by atoms with van der Waals surface area (Å²) in [6, 6.07) is 1.86. The van der Waals surface area contributed by atoms with Crippen LogP contribution in [0.2, 0.25) is 0 Å². The van der Waals surface area contributed by atoms with Crippen LogP contribution in [0.5, 0.6) is 0 Å². The van der Waals surface area contributed by atoms with Crippen molar-refractivity contribution >= 4 is 49.0 Å². The molecule has 0 spiro atoms. The predicted molar refractivity (Wildman–Crippen MR) is 82.1 cm³/mol. The molecule has 0 N–H and O–H groups in total. The third-order valence-electron chi connectivity index (χ3n) is 3.22. The van der Waals surface area contributed by atoms with Crippen molar-refractivity contribution in [2.24, 2.45) is 0 Å². The second-order valence-electron chi connectivity index (χ2n) is 4.40. The molecule has 2 unspecified atom stereocenters. The van der Waals surface area contributed by atoms with Gasteiger partial charge in [0.15, 0.2) is 5.78 Å². The normalized spacial score (nSPS) is 24.0. The van der Waals surface area contributed by atoms with E-state index in [-0.39, 0.29) is 18.0 Å². The third-order valence-corrected chi connectivity index (χ3v) is 5.56. The highest BCUT2D eigenvalue weighted by Crippen LogP contribution is 2.32. The van der Waals surface area contributed by atoms with Crippen molar-refractivity contribution in [3.05, 3.63) is 19.2 Å². The molecule has 19 heavy (non-hydrogen) atoms. The van der Waals surface area contributed by atoms with Gasteiger partial charge in [-0.3, -0.25) is 9.69 Å². The summed E-state index contributed by atoms with van der Waals surface area (Å²) in [5.74, 6) is 0.112. The zero-order chi connectivity index (χ0) is 14.0. The minimum Gasteiger partial charge on any atom is -0.377 e. The van der Waals surface area contributed by atoms with Gasteiger partial charge in [-0.1, -0.05) is 0 Å². The van der Waals surface area contributed by atoms with E-state index in [0.717, 1.165) is 26.2 Å². The molecule has 0 aliphatic carbocycles. The Morgan fingerprint density at radius 3 is 2.37 bits per heavy atom. The van der Waals surface area contributed by atoms with Gasteiger partial charge in [0, 0.05) is 32.9 Å². The molecule has 1 aromatic heterocycles. The predicted octanol–water partition coefficient (Wildman–Crippen LogP) is 2.80. The van der Waals surface area contributed by atoms with E-state index in [1.807, 2.05) is 6.07 Å². The van der Waals surface area contributed by atoms with E-state index < -0.39 is 0 Å². The summed E-state index contributed by atoms with van der Waals surface area (Å²) < 4.78 is 12.6. The number of hydrogen-bond donors (Lipinski definition) is 0. The Bertz CT molecular complexity index is 454. The van der Waals surface area contributed by atoms with Crippen LogP contribution in [0, 0.1) is 0 Å². The molecule has 1 saturated heterocycles. The van der Waals surface area contributed by atoms with Gasteiger partial charge in [0.2, 0.25) is 0 Å². The summed E-state index contributed by atoms with van der Waals surface area (Å²) in [5.41, 5.74) is 0.728. The lowest BCUT2D eigenvalue weighted by Crippen LogP contribution is -2.29. The van der Waals surface area contributed by atoms with E-state index >= 15 is 0 Å². The fourth-order valence-electron chi connectivity index (χ4n) is 2.22. The molecule has 0 amide bonds. The van der Waals surface area contributed by atoms with Crippen LogP contribution in [0.4, 0.5) is 0 Å². The van der Waals surface area contributed by atoms with E-state index in [2.05, 4.69) is 36.8 Å². The van der Waals surface area contributed by atoms with E-state index in [1.165, 1.54) is 11.3 Å². The maximum Gasteiger partial charge on any atom is 0.178 e. The van der Waals surface area contributed by atoms with Crippen LogP contribution in [0.3, 0.4) is 0 Å². The van der Waals surface area contributed by atoms with Gasteiger partial charge in [-0.05, 0) is 37.9 Å². The number of carbonyl (C=O) groups is 1. The fourth-order valence-corrected chi connectivity index (χ4v) is 5.07. The number of likely N-dealkylation sites (tertiary alicyclic amines) is 1. The Morgan fingerprint density at radius 2 is 1.95 bits per heavy atom. The number of ketones is 1. The van der Waals surface area contributed by atoms with Crippen LogP contribution >= 0.6 is 43.2 Å². The van der Waals surface area contributed by atoms with Gasteiger partial charge in [0.25, 0.3) is 0 Å². The Balaban J connectivity index is 1.99. The van der Waals surface area contributed by atoms with Crippen LogP contribution in [0.15, 0.2) is 13.6 Å². The quantitative estimate of drug-likeness (QED) is 0.697. The minimum atomic E-state index is 0.0375. The summed E-state index contributed by atoms with van der Waals surface area (Å²) in [6.07, 6.45) is 0.0749. The first-order chi connectivity index (χ1) is 9.05. The van der Waals surface area contributed by atoms with Crippen molar-refractivity contribution < 1.29 is 14.3 Å². The van der Waals surface area contributed by atoms with E-state index in [9.17, 15) is 4.79 Å². The number of methoxy groups -OCH3 is 2. The Morgan fingerprint density at radius 1 is 1.37 bits per heavy atom. The highest BCUT2D eigenvalue weighted by atomic mass is 79.9. The molecule has 2 rings (SSSR count). The standard InChI is InChI=1S/C12H15Br2NO3S/c1-17-9-5-15(6-10(9)18-2)4-8(16)7-3-11(13)19-12(7)14/h3,9-10H,4-6H2,1-2H3. The van der Waals surface area contributed by atoms with Gasteiger partial charge in [0.1, 0.15) is 0 Å². The Kier molecular flexibility index (Phi) is 5.56. The molecule has 7 heteroatoms. The first kappa shape index (κ1) is 15.6. The van der Waals surface area contributed by atoms with Crippen molar-refractivity contribution in [2.75, 3.05) is 33.9 Å². The average molecular weight is 413 g/mol. The van der Waals surface area contributed by atoms with Crippen LogP contribution in [0.1, 0.15) is 10.4 Å². The number of hydrogen-bond acceptors (Lipinski definition) is 5. The monoisotopic (exact) mass is 411 g/mol. The lowest BCUT2D eigenvalue weighted by molar-refractivity contribution is -0.00461. The highest BCUT2D eigenvalue weighted by Gasteiger charge is 2.34. The fraction of sp³-hybridized carbons (Fsp3) is 0.583. The SMILES string of the molecule is COC1CN(CC(=O)c2cc(Br)sc2Br)CC1OC. The summed E-state index contributed by atoms with van der Waals surface area (Å²) in [6.45, 7) is 1.84. The number of nitrogens with zero attached hydrogens (tertiary/aromatic N) is 1. The molecule has 0 aromatic carbocycles. The highest BCUT2D eigenvalue weighted by molar-refractivity contribution is 9.12. The molecule has 4 nitrogen and oxygen atoms in total. The lowest BCUT2D eigenvalue weighted by Gasteiger charge is -2.13. The van der Waals surface area contributed by atoms with Gasteiger partial charge < -0.3 is 9.47 Å². The van der Waals surface area contributed by atoms with Crippen LogP contribution in [-0.4, -0.2) is 56.7 Å². The maximum absolute atomic E-state index is 12.3. The number of thiophene rings is 1. The first-order valence-corrected chi connectivity index (χ1v) is 8.21. The second kappa shape index (κ2) is 6.78. The topological polar surface area (TPSA) is 38.8 Å². The first-order valence-electron chi connectivity index (χ1n) is 5.81. The lowest BCUT2D eigenvalue weighted by atomic mass is 10.2. The van der Waals surface area contributed by atoms with Gasteiger partial charge in [-0.2, -0.15) is 0 Å². The van der Waals surface area contributed by atoms with Crippen molar-refractivity contribution in [3.63, 3.8) is 0 Å². The molecular weight excluding hydrogens is 398 g/mol. The van der Waals surface area contributed by atoms with Crippen molar-refractivity contribution in [1.29, 1.82) is 0 Å². The minimum absolute atomic E-state index is 0.0375. The maximum atomic E-state index is 12.3. The number of carbonyl (C=O) groups excluding carboxylic acids is 1. The van der Waals surface area contributed by atoms with Gasteiger partial charge in [0.05, 0.1) is 26.3 Å². The van der Waals surface area contributed by atoms with E-state index in [0.29, 0.717) is 6.54 Å². The van der Waals surface area contributed by atoms with E-state index in [1.54, 1.807) is 14.2 Å². The van der Waals surface area contributed by atoms with Crippen LogP contribution in [0.25, 0.3) is 0 Å². The van der Waals surface area contributed by atoms with Gasteiger partial charge in [-0.25, -0.2) is 0 Å². The number of Topliss-reactive ketones (excluding diaryl/α,β-unsaturated/α-hetero) is 1. The Labute approximate surface area is 133 Å². The number of rotatable bonds is 5. The summed E-state index contributed by atoms with van der Waals surface area (Å²) in [4.78, 5) is 14.3. The zero-order valence-corrected chi connectivity index (χ0v) is 14.7. The molecule has 0 radical (unpaired) electrons. The summed E-state index contributed by atoms with van der Waals surface area (Å²) >= 11 is 8.32. The molecule has 106 valence electrons. The van der Waals surface area contributed by atoms with Crippen molar-refractivity contribution in [2.45, 2.75) is 12.2 Å². The number of halogens is 2. The van der Waals surface area contributed by atoms with Crippen molar-refractivity contribution in [1.82, 2.24) is 4.90 Å². The van der Waals surface area contributed by atoms with Gasteiger partial charge >= 0.3 is 0 Å². The molecule has 1 aromatic rings. The third kappa shape index (κ3) is 3.65. The Hall–Kier alpha value is 0.210. The summed E-state index contributed by atoms with van der Waals surface area (Å²) in [5, 5.41) is 0.